The summed E-state index contributed by atoms with van der Waals surface area (Å²) in [7, 11) is 0. The molecule has 0 aromatic heterocycles. The van der Waals surface area contributed by atoms with E-state index in [2.05, 4.69) is 18.7 Å². The van der Waals surface area contributed by atoms with Gasteiger partial charge in [-0.25, -0.2) is 0 Å². The van der Waals surface area contributed by atoms with Crippen molar-refractivity contribution >= 4 is 0 Å². The normalized spacial score (nSPS) is 39.0. The number of piperidine rings is 2. The molecule has 0 saturated carbocycles. The molecule has 0 aromatic carbocycles. The Morgan fingerprint density at radius 2 is 1.87 bits per heavy atom. The highest BCUT2D eigenvalue weighted by Gasteiger charge is 2.36. The van der Waals surface area contributed by atoms with Crippen molar-refractivity contribution in [2.45, 2.75) is 70.5 Å². The highest BCUT2D eigenvalue weighted by molar-refractivity contribution is 4.94. The van der Waals surface area contributed by atoms with Crippen molar-refractivity contribution in [2.24, 2.45) is 11.7 Å². The van der Waals surface area contributed by atoms with E-state index >= 15 is 0 Å². The first-order valence-corrected chi connectivity index (χ1v) is 6.72. The van der Waals surface area contributed by atoms with E-state index in [1.807, 2.05) is 0 Å². The average molecular weight is 210 g/mol. The van der Waals surface area contributed by atoms with Crippen LogP contribution in [0.1, 0.15) is 52.4 Å². The molecule has 2 N–H and O–H groups in total. The summed E-state index contributed by atoms with van der Waals surface area (Å²) in [4.78, 5) is 2.78. The molecular formula is C13H26N2. The fourth-order valence-corrected chi connectivity index (χ4v) is 3.31. The summed E-state index contributed by atoms with van der Waals surface area (Å²) in [5.74, 6) is 0.849. The first kappa shape index (κ1) is 11.4. The number of rotatable bonds is 3. The predicted molar refractivity (Wildman–Crippen MR) is 64.8 cm³/mol. The van der Waals surface area contributed by atoms with E-state index in [0.29, 0.717) is 6.04 Å². The molecule has 0 amide bonds. The topological polar surface area (TPSA) is 29.3 Å². The second-order valence-corrected chi connectivity index (χ2v) is 5.68. The molecular weight excluding hydrogens is 184 g/mol. The zero-order valence-electron chi connectivity index (χ0n) is 10.3. The van der Waals surface area contributed by atoms with Crippen LogP contribution < -0.4 is 5.73 Å². The summed E-state index contributed by atoms with van der Waals surface area (Å²) in [6.07, 6.45) is 8.00. The minimum absolute atomic E-state index is 0.480. The van der Waals surface area contributed by atoms with Crippen LogP contribution in [0.5, 0.6) is 0 Å². The maximum Gasteiger partial charge on any atom is 0.0113 e. The molecule has 3 atom stereocenters. The van der Waals surface area contributed by atoms with Gasteiger partial charge in [-0.2, -0.15) is 0 Å². The third-order valence-corrected chi connectivity index (χ3v) is 4.38. The fourth-order valence-electron chi connectivity index (χ4n) is 3.31. The van der Waals surface area contributed by atoms with Crippen molar-refractivity contribution in [2.75, 3.05) is 6.54 Å². The van der Waals surface area contributed by atoms with Crippen LogP contribution in [-0.2, 0) is 0 Å². The Balaban J connectivity index is 1.98. The second-order valence-electron chi connectivity index (χ2n) is 5.68. The molecule has 2 rings (SSSR count). The minimum Gasteiger partial charge on any atom is -0.328 e. The Labute approximate surface area is 94.2 Å². The molecule has 2 heteroatoms. The maximum absolute atomic E-state index is 6.12. The molecule has 2 aliphatic heterocycles. The minimum atomic E-state index is 0.480. The van der Waals surface area contributed by atoms with Gasteiger partial charge in [0.05, 0.1) is 0 Å². The molecule has 2 bridgehead atoms. The van der Waals surface area contributed by atoms with Crippen LogP contribution in [0.3, 0.4) is 0 Å². The lowest BCUT2D eigenvalue weighted by Gasteiger charge is -2.49. The van der Waals surface area contributed by atoms with Gasteiger partial charge in [0.2, 0.25) is 0 Å². The Hall–Kier alpha value is -0.0800. The molecule has 2 heterocycles. The third-order valence-electron chi connectivity index (χ3n) is 4.38. The molecule has 2 fully saturated rings. The smallest absolute Gasteiger partial charge is 0.0113 e. The summed E-state index contributed by atoms with van der Waals surface area (Å²) in [5.41, 5.74) is 6.12. The molecule has 0 radical (unpaired) electrons. The summed E-state index contributed by atoms with van der Waals surface area (Å²) >= 11 is 0. The van der Waals surface area contributed by atoms with Gasteiger partial charge in [-0.3, -0.25) is 4.90 Å². The molecule has 2 aliphatic rings. The van der Waals surface area contributed by atoms with E-state index < -0.39 is 0 Å². The summed E-state index contributed by atoms with van der Waals surface area (Å²) in [6.45, 7) is 5.99. The Bertz CT molecular complexity index is 191. The third kappa shape index (κ3) is 2.54. The van der Waals surface area contributed by atoms with Crippen molar-refractivity contribution in [1.29, 1.82) is 0 Å². The van der Waals surface area contributed by atoms with Gasteiger partial charge in [0.1, 0.15) is 0 Å². The number of hydrogen-bond donors (Lipinski definition) is 1. The van der Waals surface area contributed by atoms with Crippen molar-refractivity contribution < 1.29 is 0 Å². The van der Waals surface area contributed by atoms with E-state index in [-0.39, 0.29) is 0 Å². The standard InChI is InChI=1S/C13H26N2/c1-3-10(2)9-15-12-5-4-6-13(15)8-11(14)7-12/h10-13H,3-9,14H2,1-2H3. The summed E-state index contributed by atoms with van der Waals surface area (Å²) in [6, 6.07) is 2.09. The van der Waals surface area contributed by atoms with Crippen molar-refractivity contribution in [1.82, 2.24) is 4.90 Å². The quantitative estimate of drug-likeness (QED) is 0.775. The first-order chi connectivity index (χ1) is 7.20. The lowest BCUT2D eigenvalue weighted by atomic mass is 9.81. The second kappa shape index (κ2) is 4.84. The van der Waals surface area contributed by atoms with Gasteiger partial charge < -0.3 is 5.73 Å². The Morgan fingerprint density at radius 1 is 1.27 bits per heavy atom. The van der Waals surface area contributed by atoms with E-state index in [0.717, 1.165) is 18.0 Å². The number of fused-ring (bicyclic) bond motifs is 2. The fraction of sp³-hybridized carbons (Fsp3) is 1.00. The van der Waals surface area contributed by atoms with Crippen LogP contribution in [0.4, 0.5) is 0 Å². The van der Waals surface area contributed by atoms with Crippen LogP contribution in [0.2, 0.25) is 0 Å². The lowest BCUT2D eigenvalue weighted by molar-refractivity contribution is 0.0201. The molecule has 0 aromatic rings. The molecule has 3 unspecified atom stereocenters. The molecule has 2 nitrogen and oxygen atoms in total. The number of nitrogens with zero attached hydrogens (tertiary/aromatic N) is 1. The number of nitrogens with two attached hydrogens (primary N) is 1. The van der Waals surface area contributed by atoms with Crippen molar-refractivity contribution in [3.05, 3.63) is 0 Å². The molecule has 2 saturated heterocycles. The van der Waals surface area contributed by atoms with Gasteiger partial charge in [0, 0.05) is 24.7 Å². The van der Waals surface area contributed by atoms with E-state index in [9.17, 15) is 0 Å². The van der Waals surface area contributed by atoms with Crippen LogP contribution in [0.15, 0.2) is 0 Å². The molecule has 0 spiro atoms. The van der Waals surface area contributed by atoms with E-state index in [1.54, 1.807) is 0 Å². The first-order valence-electron chi connectivity index (χ1n) is 6.72. The Kier molecular flexibility index (Phi) is 3.68. The Morgan fingerprint density at radius 3 is 2.40 bits per heavy atom. The van der Waals surface area contributed by atoms with Crippen LogP contribution in [0.25, 0.3) is 0 Å². The van der Waals surface area contributed by atoms with Gasteiger partial charge in [0.25, 0.3) is 0 Å². The zero-order chi connectivity index (χ0) is 10.8. The predicted octanol–water partition coefficient (Wildman–Crippen LogP) is 2.38. The van der Waals surface area contributed by atoms with Gasteiger partial charge in [-0.15, -0.1) is 0 Å². The monoisotopic (exact) mass is 210 g/mol. The van der Waals surface area contributed by atoms with E-state index in [4.69, 9.17) is 5.73 Å². The highest BCUT2D eigenvalue weighted by atomic mass is 15.2. The van der Waals surface area contributed by atoms with Crippen LogP contribution in [0, 0.1) is 5.92 Å². The maximum atomic E-state index is 6.12. The zero-order valence-corrected chi connectivity index (χ0v) is 10.3. The SMILES string of the molecule is CCC(C)CN1C2CCCC1CC(N)C2. The number of hydrogen-bond acceptors (Lipinski definition) is 2. The summed E-state index contributed by atoms with van der Waals surface area (Å²) in [5, 5.41) is 0. The van der Waals surface area contributed by atoms with Crippen molar-refractivity contribution in [3.63, 3.8) is 0 Å². The van der Waals surface area contributed by atoms with Crippen LogP contribution in [-0.4, -0.2) is 29.6 Å². The van der Waals surface area contributed by atoms with Gasteiger partial charge in [-0.1, -0.05) is 26.7 Å². The molecule has 0 aliphatic carbocycles. The largest absolute Gasteiger partial charge is 0.328 e. The van der Waals surface area contributed by atoms with E-state index in [1.165, 1.54) is 45.1 Å². The molecule has 15 heavy (non-hydrogen) atoms. The van der Waals surface area contributed by atoms with Gasteiger partial charge in [-0.05, 0) is 31.6 Å². The van der Waals surface area contributed by atoms with Crippen LogP contribution >= 0.6 is 0 Å². The molecule has 88 valence electrons. The highest BCUT2D eigenvalue weighted by Crippen LogP contribution is 2.34. The summed E-state index contributed by atoms with van der Waals surface area (Å²) < 4.78 is 0. The van der Waals surface area contributed by atoms with Gasteiger partial charge >= 0.3 is 0 Å². The van der Waals surface area contributed by atoms with Gasteiger partial charge in [0.15, 0.2) is 0 Å². The average Bonchev–Trinajstić information content (AvgIpc) is 2.19. The van der Waals surface area contributed by atoms with Crippen molar-refractivity contribution in [3.8, 4) is 0 Å². The lowest BCUT2D eigenvalue weighted by Crippen LogP contribution is -2.56.